The second-order valence-electron chi connectivity index (χ2n) is 7.40. The Morgan fingerprint density at radius 1 is 1.16 bits per heavy atom. The molecule has 2 heterocycles. The van der Waals surface area contributed by atoms with E-state index in [9.17, 15) is 9.59 Å². The zero-order valence-corrected chi connectivity index (χ0v) is 17.6. The number of hydrogen-bond donors (Lipinski definition) is 1. The van der Waals surface area contributed by atoms with Gasteiger partial charge in [0.25, 0.3) is 11.8 Å². The van der Waals surface area contributed by atoms with Crippen molar-refractivity contribution in [1.82, 2.24) is 5.16 Å². The SMILES string of the molecule is Cc1ccc(OCC(=O)Nc2ccc3c(c2)N(Cc2c(C)noc2C)C(=O)CO3)cc1. The van der Waals surface area contributed by atoms with Gasteiger partial charge in [0.2, 0.25) is 0 Å². The average molecular weight is 421 g/mol. The van der Waals surface area contributed by atoms with Crippen LogP contribution in [0.15, 0.2) is 47.0 Å². The van der Waals surface area contributed by atoms with E-state index in [-0.39, 0.29) is 25.0 Å². The molecule has 4 rings (SSSR count). The van der Waals surface area contributed by atoms with Crippen molar-refractivity contribution >= 4 is 23.2 Å². The fourth-order valence-electron chi connectivity index (χ4n) is 3.32. The first kappa shape index (κ1) is 20.5. The fraction of sp³-hybridized carbons (Fsp3) is 0.261. The Balaban J connectivity index is 1.48. The Hall–Kier alpha value is -3.81. The summed E-state index contributed by atoms with van der Waals surface area (Å²) in [5.41, 5.74) is 3.81. The summed E-state index contributed by atoms with van der Waals surface area (Å²) in [5.74, 6) is 1.37. The van der Waals surface area contributed by atoms with Gasteiger partial charge in [-0.1, -0.05) is 22.9 Å². The molecule has 160 valence electrons. The van der Waals surface area contributed by atoms with E-state index in [1.165, 1.54) is 0 Å². The van der Waals surface area contributed by atoms with Crippen LogP contribution >= 0.6 is 0 Å². The van der Waals surface area contributed by atoms with E-state index < -0.39 is 0 Å². The molecule has 3 aromatic rings. The standard InChI is InChI=1S/C23H23N3O5/c1-14-4-7-18(8-5-14)29-12-22(27)24-17-6-9-21-20(10-17)26(23(28)13-30-21)11-19-15(2)25-31-16(19)3/h4-10H,11-13H2,1-3H3,(H,24,27). The van der Waals surface area contributed by atoms with E-state index >= 15 is 0 Å². The number of nitrogens with one attached hydrogen (secondary N) is 1. The summed E-state index contributed by atoms with van der Waals surface area (Å²) in [6.45, 7) is 5.76. The van der Waals surface area contributed by atoms with Gasteiger partial charge in [0.1, 0.15) is 17.3 Å². The summed E-state index contributed by atoms with van der Waals surface area (Å²) in [6, 6.07) is 12.6. The molecule has 1 aromatic heterocycles. The summed E-state index contributed by atoms with van der Waals surface area (Å²) in [7, 11) is 0. The number of carbonyl (C=O) groups excluding carboxylic acids is 2. The Bertz CT molecular complexity index is 1100. The molecule has 2 aromatic carbocycles. The lowest BCUT2D eigenvalue weighted by molar-refractivity contribution is -0.121. The lowest BCUT2D eigenvalue weighted by atomic mass is 10.1. The molecular formula is C23H23N3O5. The van der Waals surface area contributed by atoms with Crippen molar-refractivity contribution in [1.29, 1.82) is 0 Å². The van der Waals surface area contributed by atoms with E-state index in [1.807, 2.05) is 45.0 Å². The molecule has 0 spiro atoms. The maximum absolute atomic E-state index is 12.6. The maximum atomic E-state index is 12.6. The highest BCUT2D eigenvalue weighted by Gasteiger charge is 2.28. The quantitative estimate of drug-likeness (QED) is 0.654. The van der Waals surface area contributed by atoms with Crippen LogP contribution in [0, 0.1) is 20.8 Å². The summed E-state index contributed by atoms with van der Waals surface area (Å²) >= 11 is 0. The van der Waals surface area contributed by atoms with Gasteiger partial charge in [-0.3, -0.25) is 9.59 Å². The third-order valence-corrected chi connectivity index (χ3v) is 5.07. The van der Waals surface area contributed by atoms with Crippen LogP contribution in [0.3, 0.4) is 0 Å². The van der Waals surface area contributed by atoms with Gasteiger partial charge in [-0.25, -0.2) is 0 Å². The van der Waals surface area contributed by atoms with Crippen LogP contribution in [0.5, 0.6) is 11.5 Å². The number of aromatic nitrogens is 1. The summed E-state index contributed by atoms with van der Waals surface area (Å²) < 4.78 is 16.3. The number of aryl methyl sites for hydroxylation is 3. The predicted molar refractivity (Wildman–Crippen MR) is 114 cm³/mol. The molecule has 0 fully saturated rings. The molecule has 0 unspecified atom stereocenters. The largest absolute Gasteiger partial charge is 0.484 e. The molecule has 1 aliphatic heterocycles. The van der Waals surface area contributed by atoms with Crippen LogP contribution in [-0.2, 0) is 16.1 Å². The van der Waals surface area contributed by atoms with Gasteiger partial charge in [0.05, 0.1) is 17.9 Å². The highest BCUT2D eigenvalue weighted by molar-refractivity contribution is 5.99. The van der Waals surface area contributed by atoms with Crippen LogP contribution in [-0.4, -0.2) is 30.2 Å². The zero-order chi connectivity index (χ0) is 22.0. The van der Waals surface area contributed by atoms with Gasteiger partial charge in [0, 0.05) is 11.3 Å². The summed E-state index contributed by atoms with van der Waals surface area (Å²) in [4.78, 5) is 26.5. The van der Waals surface area contributed by atoms with E-state index in [2.05, 4.69) is 10.5 Å². The molecule has 31 heavy (non-hydrogen) atoms. The molecule has 0 saturated carbocycles. The first-order valence-electron chi connectivity index (χ1n) is 9.89. The summed E-state index contributed by atoms with van der Waals surface area (Å²) in [6.07, 6.45) is 0. The molecule has 0 radical (unpaired) electrons. The molecule has 8 nitrogen and oxygen atoms in total. The Kier molecular flexibility index (Phi) is 5.62. The number of hydrogen-bond acceptors (Lipinski definition) is 6. The number of benzene rings is 2. The lowest BCUT2D eigenvalue weighted by Gasteiger charge is -2.29. The molecule has 8 heteroatoms. The van der Waals surface area contributed by atoms with Crippen molar-refractivity contribution in [2.24, 2.45) is 0 Å². The highest BCUT2D eigenvalue weighted by Crippen LogP contribution is 2.36. The second kappa shape index (κ2) is 8.51. The first-order chi connectivity index (χ1) is 14.9. The topological polar surface area (TPSA) is 93.9 Å². The molecule has 0 saturated heterocycles. The van der Waals surface area contributed by atoms with Gasteiger partial charge >= 0.3 is 0 Å². The van der Waals surface area contributed by atoms with Crippen molar-refractivity contribution in [2.45, 2.75) is 27.3 Å². The minimum Gasteiger partial charge on any atom is -0.484 e. The first-order valence-corrected chi connectivity index (χ1v) is 9.89. The Morgan fingerprint density at radius 2 is 1.94 bits per heavy atom. The van der Waals surface area contributed by atoms with Crippen molar-refractivity contribution in [3.8, 4) is 11.5 Å². The summed E-state index contributed by atoms with van der Waals surface area (Å²) in [5, 5.41) is 6.76. The van der Waals surface area contributed by atoms with Gasteiger partial charge < -0.3 is 24.2 Å². The minimum absolute atomic E-state index is 0.0491. The smallest absolute Gasteiger partial charge is 0.265 e. The number of carbonyl (C=O) groups is 2. The molecule has 0 aliphatic carbocycles. The third kappa shape index (κ3) is 4.53. The van der Waals surface area contributed by atoms with Crippen LogP contribution in [0.1, 0.15) is 22.6 Å². The van der Waals surface area contributed by atoms with Gasteiger partial charge in [-0.15, -0.1) is 0 Å². The van der Waals surface area contributed by atoms with Crippen molar-refractivity contribution in [2.75, 3.05) is 23.4 Å². The van der Waals surface area contributed by atoms with E-state index in [1.54, 1.807) is 23.1 Å². The number of anilines is 2. The molecule has 2 amide bonds. The van der Waals surface area contributed by atoms with Crippen molar-refractivity contribution in [3.05, 3.63) is 65.0 Å². The lowest BCUT2D eigenvalue weighted by Crippen LogP contribution is -2.38. The van der Waals surface area contributed by atoms with E-state index in [4.69, 9.17) is 14.0 Å². The van der Waals surface area contributed by atoms with E-state index in [0.717, 1.165) is 16.8 Å². The van der Waals surface area contributed by atoms with Crippen LogP contribution in [0.2, 0.25) is 0 Å². The fourth-order valence-corrected chi connectivity index (χ4v) is 3.32. The van der Waals surface area contributed by atoms with Crippen LogP contribution in [0.25, 0.3) is 0 Å². The minimum atomic E-state index is -0.305. The van der Waals surface area contributed by atoms with Crippen molar-refractivity contribution < 1.29 is 23.6 Å². The number of ether oxygens (including phenoxy) is 2. The van der Waals surface area contributed by atoms with Gasteiger partial charge in [-0.2, -0.15) is 0 Å². The monoisotopic (exact) mass is 421 g/mol. The number of fused-ring (bicyclic) bond motifs is 1. The number of nitrogens with zero attached hydrogens (tertiary/aromatic N) is 2. The Morgan fingerprint density at radius 3 is 2.65 bits per heavy atom. The molecule has 1 N–H and O–H groups in total. The van der Waals surface area contributed by atoms with Crippen molar-refractivity contribution in [3.63, 3.8) is 0 Å². The van der Waals surface area contributed by atoms with Crippen LogP contribution in [0.4, 0.5) is 11.4 Å². The number of amides is 2. The molecule has 0 atom stereocenters. The average Bonchev–Trinajstić information content (AvgIpc) is 3.07. The highest BCUT2D eigenvalue weighted by atomic mass is 16.5. The van der Waals surface area contributed by atoms with Gasteiger partial charge in [-0.05, 0) is 51.1 Å². The normalized spacial score (nSPS) is 12.9. The maximum Gasteiger partial charge on any atom is 0.265 e. The van der Waals surface area contributed by atoms with E-state index in [0.29, 0.717) is 35.2 Å². The number of rotatable bonds is 6. The third-order valence-electron chi connectivity index (χ3n) is 5.07. The predicted octanol–water partition coefficient (Wildman–Crippen LogP) is 3.54. The molecular weight excluding hydrogens is 398 g/mol. The Labute approximate surface area is 179 Å². The molecule has 1 aliphatic rings. The zero-order valence-electron chi connectivity index (χ0n) is 17.6. The second-order valence-corrected chi connectivity index (χ2v) is 7.40. The van der Waals surface area contributed by atoms with Crippen LogP contribution < -0.4 is 19.7 Å². The van der Waals surface area contributed by atoms with Gasteiger partial charge in [0.15, 0.2) is 13.2 Å². The molecule has 0 bridgehead atoms.